The number of hydrogen-bond acceptors (Lipinski definition) is 7. The largest absolute Gasteiger partial charge is 0.464 e. The Morgan fingerprint density at radius 1 is 1.25 bits per heavy atom. The van der Waals surface area contributed by atoms with Gasteiger partial charge in [0.05, 0.1) is 12.8 Å². The van der Waals surface area contributed by atoms with E-state index in [1.54, 1.807) is 13.3 Å². The normalized spacial score (nSPS) is 20.9. The highest BCUT2D eigenvalue weighted by atomic mass is 16.7. The van der Waals surface area contributed by atoms with Gasteiger partial charge in [-0.2, -0.15) is 0 Å². The van der Waals surface area contributed by atoms with Gasteiger partial charge in [-0.25, -0.2) is 0 Å². The zero-order chi connectivity index (χ0) is 23.1. The highest BCUT2D eigenvalue weighted by molar-refractivity contribution is 5.92. The molecule has 0 bridgehead atoms. The number of allylic oxidation sites excluding steroid dienone is 1. The average molecular weight is 448 g/mol. The Morgan fingerprint density at radius 2 is 2.00 bits per heavy atom. The van der Waals surface area contributed by atoms with Crippen molar-refractivity contribution in [2.75, 3.05) is 41.0 Å². The zero-order valence-corrected chi connectivity index (χ0v) is 19.2. The smallest absolute Gasteiger partial charge is 0.288 e. The molecule has 0 spiro atoms. The Hall–Kier alpha value is -2.39. The van der Waals surface area contributed by atoms with Crippen LogP contribution in [0.4, 0.5) is 0 Å². The van der Waals surface area contributed by atoms with Crippen molar-refractivity contribution < 1.29 is 33.3 Å². The molecule has 2 heterocycles. The van der Waals surface area contributed by atoms with Crippen molar-refractivity contribution in [2.45, 2.75) is 38.3 Å². The van der Waals surface area contributed by atoms with Gasteiger partial charge < -0.3 is 33.4 Å². The minimum Gasteiger partial charge on any atom is -0.464 e. The summed E-state index contributed by atoms with van der Waals surface area (Å²) < 4.78 is 28.2. The van der Waals surface area contributed by atoms with E-state index in [1.165, 1.54) is 19.1 Å². The van der Waals surface area contributed by atoms with Crippen molar-refractivity contribution >= 4 is 16.9 Å². The number of likely N-dealkylation sites (N-methyl/N-ethyl adjacent to an activating group) is 1. The van der Waals surface area contributed by atoms with Crippen LogP contribution in [-0.2, 0) is 23.7 Å². The number of amides is 1. The molecule has 1 aromatic heterocycles. The molecule has 3 atom stereocenters. The monoisotopic (exact) mass is 447 g/mol. The van der Waals surface area contributed by atoms with E-state index >= 15 is 0 Å². The second kappa shape index (κ2) is 11.5. The number of hydrogen-bond donors (Lipinski definition) is 1. The summed E-state index contributed by atoms with van der Waals surface area (Å²) in [4.78, 5) is 14.7. The highest BCUT2D eigenvalue weighted by Gasteiger charge is 2.39. The van der Waals surface area contributed by atoms with Gasteiger partial charge in [0, 0.05) is 57.3 Å². The maximum atomic E-state index is 13.2. The van der Waals surface area contributed by atoms with Crippen molar-refractivity contribution in [1.29, 1.82) is 0 Å². The summed E-state index contributed by atoms with van der Waals surface area (Å²) in [5.41, 5.74) is 1.75. The molecule has 0 radical (unpaired) electrons. The SMILES string of the molecule is CCO[C@H]1OC(C(=O)N(C)CC(OC)OC)=C[C@@H](c2coc3ccccc23)[C@@H]1CCCO. The van der Waals surface area contributed by atoms with Crippen LogP contribution in [0.15, 0.2) is 46.8 Å². The predicted molar refractivity (Wildman–Crippen MR) is 119 cm³/mol. The second-order valence-corrected chi connectivity index (χ2v) is 7.80. The number of furan rings is 1. The van der Waals surface area contributed by atoms with Crippen LogP contribution in [0.3, 0.4) is 0 Å². The molecule has 2 aromatic rings. The molecule has 1 aliphatic heterocycles. The van der Waals surface area contributed by atoms with E-state index in [2.05, 4.69) is 0 Å². The summed E-state index contributed by atoms with van der Waals surface area (Å²) in [7, 11) is 4.73. The third-order valence-electron chi connectivity index (χ3n) is 5.79. The van der Waals surface area contributed by atoms with E-state index < -0.39 is 12.6 Å². The number of benzene rings is 1. The van der Waals surface area contributed by atoms with Crippen molar-refractivity contribution in [3.63, 3.8) is 0 Å². The summed E-state index contributed by atoms with van der Waals surface area (Å²) >= 11 is 0. The number of ether oxygens (including phenoxy) is 4. The lowest BCUT2D eigenvalue weighted by Gasteiger charge is -2.37. The Kier molecular flexibility index (Phi) is 8.69. The van der Waals surface area contributed by atoms with Crippen LogP contribution in [0.2, 0.25) is 0 Å². The molecule has 0 saturated heterocycles. The average Bonchev–Trinajstić information content (AvgIpc) is 3.24. The van der Waals surface area contributed by atoms with Gasteiger partial charge in [-0.1, -0.05) is 18.2 Å². The summed E-state index contributed by atoms with van der Waals surface area (Å²) in [6.45, 7) is 2.65. The summed E-state index contributed by atoms with van der Waals surface area (Å²) in [5, 5.41) is 10.4. The molecule has 0 unspecified atom stereocenters. The van der Waals surface area contributed by atoms with Gasteiger partial charge in [0.15, 0.2) is 12.0 Å². The number of carbonyl (C=O) groups excluding carboxylic acids is 1. The van der Waals surface area contributed by atoms with Crippen molar-refractivity contribution in [2.24, 2.45) is 5.92 Å². The Morgan fingerprint density at radius 3 is 2.69 bits per heavy atom. The molecule has 1 N–H and O–H groups in total. The molecule has 8 nitrogen and oxygen atoms in total. The van der Waals surface area contributed by atoms with E-state index in [9.17, 15) is 9.90 Å². The number of aliphatic hydroxyl groups excluding tert-OH is 1. The third-order valence-corrected chi connectivity index (χ3v) is 5.79. The molecule has 176 valence electrons. The van der Waals surface area contributed by atoms with Gasteiger partial charge in [0.2, 0.25) is 6.29 Å². The van der Waals surface area contributed by atoms with Crippen LogP contribution < -0.4 is 0 Å². The topological polar surface area (TPSA) is 90.6 Å². The van der Waals surface area contributed by atoms with Gasteiger partial charge in [-0.05, 0) is 31.9 Å². The van der Waals surface area contributed by atoms with Gasteiger partial charge in [0.25, 0.3) is 5.91 Å². The van der Waals surface area contributed by atoms with E-state index in [0.29, 0.717) is 19.4 Å². The molecule has 32 heavy (non-hydrogen) atoms. The summed E-state index contributed by atoms with van der Waals surface area (Å²) in [6, 6.07) is 7.81. The van der Waals surface area contributed by atoms with Crippen LogP contribution >= 0.6 is 0 Å². The van der Waals surface area contributed by atoms with Crippen LogP contribution in [0.5, 0.6) is 0 Å². The zero-order valence-electron chi connectivity index (χ0n) is 19.2. The highest BCUT2D eigenvalue weighted by Crippen LogP contribution is 2.42. The van der Waals surface area contributed by atoms with Gasteiger partial charge >= 0.3 is 0 Å². The number of methoxy groups -OCH3 is 2. The van der Waals surface area contributed by atoms with E-state index in [4.69, 9.17) is 23.4 Å². The molecule has 8 heteroatoms. The van der Waals surface area contributed by atoms with E-state index in [-0.39, 0.29) is 36.7 Å². The van der Waals surface area contributed by atoms with Crippen molar-refractivity contribution in [1.82, 2.24) is 4.90 Å². The lowest BCUT2D eigenvalue weighted by molar-refractivity contribution is -0.172. The van der Waals surface area contributed by atoms with Crippen molar-refractivity contribution in [3.8, 4) is 0 Å². The molecular weight excluding hydrogens is 414 g/mol. The fraction of sp³-hybridized carbons (Fsp3) is 0.542. The third kappa shape index (κ3) is 5.32. The Balaban J connectivity index is 1.99. The molecule has 3 rings (SSSR count). The first-order valence-corrected chi connectivity index (χ1v) is 10.9. The summed E-state index contributed by atoms with van der Waals surface area (Å²) in [5.74, 6) is -0.334. The standard InChI is InChI=1S/C24H33NO7/c1-5-30-24-17(10-8-12-26)18(19-15-31-20-11-7-6-9-16(19)20)13-21(32-24)23(27)25(2)14-22(28-3)29-4/h6-7,9,11,13,15,17-18,22,24,26H,5,8,10,12,14H2,1-4H3/t17-,18+,24-/m0/s1. The van der Waals surface area contributed by atoms with Gasteiger partial charge in [-0.3, -0.25) is 4.79 Å². The molecule has 1 aliphatic rings. The van der Waals surface area contributed by atoms with Crippen LogP contribution in [0.1, 0.15) is 31.2 Å². The molecule has 1 amide bonds. The molecule has 0 fully saturated rings. The van der Waals surface area contributed by atoms with E-state index in [0.717, 1.165) is 16.5 Å². The lowest BCUT2D eigenvalue weighted by atomic mass is 9.80. The number of nitrogens with zero attached hydrogens (tertiary/aromatic N) is 1. The second-order valence-electron chi connectivity index (χ2n) is 7.80. The number of rotatable bonds is 11. The molecule has 1 aromatic carbocycles. The fourth-order valence-corrected chi connectivity index (χ4v) is 4.11. The van der Waals surface area contributed by atoms with Crippen LogP contribution in [-0.4, -0.2) is 69.5 Å². The van der Waals surface area contributed by atoms with Crippen LogP contribution in [0.25, 0.3) is 11.0 Å². The van der Waals surface area contributed by atoms with Gasteiger partial charge in [-0.15, -0.1) is 0 Å². The minimum absolute atomic E-state index is 0.0713. The fourth-order valence-electron chi connectivity index (χ4n) is 4.11. The first-order valence-electron chi connectivity index (χ1n) is 10.9. The van der Waals surface area contributed by atoms with Gasteiger partial charge in [0.1, 0.15) is 5.58 Å². The Labute approximate surface area is 188 Å². The first kappa shape index (κ1) is 24.3. The van der Waals surface area contributed by atoms with E-state index in [1.807, 2.05) is 37.3 Å². The Bertz CT molecular complexity index is 905. The summed E-state index contributed by atoms with van der Waals surface area (Å²) in [6.07, 6.45) is 3.70. The minimum atomic E-state index is -0.622. The maximum absolute atomic E-state index is 13.2. The number of fused-ring (bicyclic) bond motifs is 1. The maximum Gasteiger partial charge on any atom is 0.288 e. The van der Waals surface area contributed by atoms with Crippen LogP contribution in [0, 0.1) is 5.92 Å². The lowest BCUT2D eigenvalue weighted by Crippen LogP contribution is -2.41. The molecule has 0 saturated carbocycles. The number of carbonyl (C=O) groups is 1. The van der Waals surface area contributed by atoms with Crippen molar-refractivity contribution in [3.05, 3.63) is 47.9 Å². The number of para-hydroxylation sites is 1. The number of aliphatic hydroxyl groups is 1. The molecule has 0 aliphatic carbocycles. The quantitative estimate of drug-likeness (QED) is 0.529. The predicted octanol–water partition coefficient (Wildman–Crippen LogP) is 3.26. The molecular formula is C24H33NO7. The first-order chi connectivity index (χ1) is 15.5.